The Bertz CT molecular complexity index is 1260. The minimum Gasteiger partial charge on any atom is -0.448 e. The summed E-state index contributed by atoms with van der Waals surface area (Å²) in [4.78, 5) is 32.4. The molecule has 2 saturated heterocycles. The highest BCUT2D eigenvalue weighted by molar-refractivity contribution is 6.05. The van der Waals surface area contributed by atoms with Crippen molar-refractivity contribution in [3.8, 4) is 0 Å². The van der Waals surface area contributed by atoms with Crippen LogP contribution in [0.25, 0.3) is 11.0 Å². The summed E-state index contributed by atoms with van der Waals surface area (Å²) in [6, 6.07) is 11.3. The number of benzene rings is 2. The van der Waals surface area contributed by atoms with Crippen molar-refractivity contribution >= 4 is 33.9 Å². The number of fused-ring (bicyclic) bond motifs is 1. The summed E-state index contributed by atoms with van der Waals surface area (Å²) in [6.07, 6.45) is 0. The second-order valence-corrected chi connectivity index (χ2v) is 8.78. The van der Waals surface area contributed by atoms with E-state index in [0.717, 1.165) is 51.0 Å². The van der Waals surface area contributed by atoms with Gasteiger partial charge in [0.05, 0.1) is 22.4 Å². The van der Waals surface area contributed by atoms with Crippen LogP contribution in [0, 0.1) is 5.82 Å². The van der Waals surface area contributed by atoms with Crippen molar-refractivity contribution in [2.75, 3.05) is 74.5 Å². The third-order valence-corrected chi connectivity index (χ3v) is 6.45. The highest BCUT2D eigenvalue weighted by Crippen LogP contribution is 2.30. The summed E-state index contributed by atoms with van der Waals surface area (Å²) in [5.74, 6) is -1.12. The summed E-state index contributed by atoms with van der Waals surface area (Å²) in [5.41, 5.74) is 1.85. The number of carbonyl (C=O) groups is 1. The summed E-state index contributed by atoms with van der Waals surface area (Å²) in [5, 5.41) is 6.36. The number of carbonyl (C=O) groups excluding carboxylic acids is 1. The molecule has 0 aliphatic carbocycles. The van der Waals surface area contributed by atoms with Crippen LogP contribution in [-0.2, 0) is 0 Å². The maximum Gasteiger partial charge on any atom is 0.291 e. The number of piperazine rings is 2. The molecule has 0 saturated carbocycles. The van der Waals surface area contributed by atoms with Crippen molar-refractivity contribution in [1.82, 2.24) is 10.2 Å². The van der Waals surface area contributed by atoms with Gasteiger partial charge in [-0.25, -0.2) is 4.39 Å². The molecular formula is C25H28FN5O3. The Balaban J connectivity index is 1.49. The molecule has 2 aliphatic heterocycles. The molecule has 1 amide bonds. The summed E-state index contributed by atoms with van der Waals surface area (Å²) in [6.45, 7) is 6.37. The molecule has 178 valence electrons. The lowest BCUT2D eigenvalue weighted by atomic mass is 10.1. The summed E-state index contributed by atoms with van der Waals surface area (Å²) < 4.78 is 20.3. The highest BCUT2D eigenvalue weighted by Gasteiger charge is 2.22. The Morgan fingerprint density at radius 1 is 0.971 bits per heavy atom. The van der Waals surface area contributed by atoms with Gasteiger partial charge in [-0.2, -0.15) is 0 Å². The van der Waals surface area contributed by atoms with Crippen LogP contribution in [0.15, 0.2) is 51.7 Å². The molecule has 2 N–H and O–H groups in total. The molecule has 0 radical (unpaired) electrons. The molecule has 34 heavy (non-hydrogen) atoms. The number of rotatable bonds is 4. The first kappa shape index (κ1) is 22.4. The first-order chi connectivity index (χ1) is 16.5. The molecule has 3 aromatic rings. The second-order valence-electron chi connectivity index (χ2n) is 8.78. The number of nitrogens with one attached hydrogen (secondary N) is 2. The van der Waals surface area contributed by atoms with E-state index >= 15 is 0 Å². The van der Waals surface area contributed by atoms with Crippen LogP contribution in [0.3, 0.4) is 0 Å². The van der Waals surface area contributed by atoms with Crippen LogP contribution in [0.4, 0.5) is 21.5 Å². The quantitative estimate of drug-likeness (QED) is 0.612. The zero-order valence-electron chi connectivity index (χ0n) is 19.1. The maximum atomic E-state index is 14.4. The third kappa shape index (κ3) is 4.49. The minimum absolute atomic E-state index is 0.102. The van der Waals surface area contributed by atoms with Gasteiger partial charge in [-0.15, -0.1) is 0 Å². The van der Waals surface area contributed by atoms with E-state index in [1.165, 1.54) is 12.1 Å². The number of para-hydroxylation sites is 2. The third-order valence-electron chi connectivity index (χ3n) is 6.45. The zero-order chi connectivity index (χ0) is 23.7. The molecular weight excluding hydrogens is 437 g/mol. The number of halogens is 1. The molecule has 0 bridgehead atoms. The Morgan fingerprint density at radius 2 is 1.68 bits per heavy atom. The van der Waals surface area contributed by atoms with E-state index in [4.69, 9.17) is 4.42 Å². The van der Waals surface area contributed by atoms with Gasteiger partial charge in [-0.05, 0) is 25.2 Å². The van der Waals surface area contributed by atoms with E-state index in [9.17, 15) is 14.0 Å². The Hall–Kier alpha value is -3.43. The fraction of sp³-hybridized carbons (Fsp3) is 0.360. The van der Waals surface area contributed by atoms with Gasteiger partial charge in [0.15, 0.2) is 16.8 Å². The van der Waals surface area contributed by atoms with Crippen LogP contribution in [0.1, 0.15) is 10.6 Å². The monoisotopic (exact) mass is 465 g/mol. The van der Waals surface area contributed by atoms with Crippen molar-refractivity contribution in [2.24, 2.45) is 0 Å². The van der Waals surface area contributed by atoms with Gasteiger partial charge < -0.3 is 29.8 Å². The number of anilines is 3. The fourth-order valence-electron chi connectivity index (χ4n) is 4.54. The van der Waals surface area contributed by atoms with Crippen LogP contribution in [-0.4, -0.2) is 70.2 Å². The van der Waals surface area contributed by atoms with Gasteiger partial charge in [0.1, 0.15) is 5.82 Å². The van der Waals surface area contributed by atoms with Crippen molar-refractivity contribution in [2.45, 2.75) is 0 Å². The van der Waals surface area contributed by atoms with Crippen molar-refractivity contribution in [3.63, 3.8) is 0 Å². The molecule has 1 aromatic heterocycles. The van der Waals surface area contributed by atoms with Crippen LogP contribution < -0.4 is 25.9 Å². The van der Waals surface area contributed by atoms with Gasteiger partial charge in [-0.3, -0.25) is 9.59 Å². The van der Waals surface area contributed by atoms with Gasteiger partial charge in [-0.1, -0.05) is 12.1 Å². The van der Waals surface area contributed by atoms with Crippen LogP contribution in [0.5, 0.6) is 0 Å². The molecule has 2 aliphatic rings. The van der Waals surface area contributed by atoms with E-state index in [2.05, 4.69) is 20.4 Å². The summed E-state index contributed by atoms with van der Waals surface area (Å²) >= 11 is 0. The molecule has 5 rings (SSSR count). The first-order valence-electron chi connectivity index (χ1n) is 11.6. The molecule has 0 atom stereocenters. The number of nitrogens with zero attached hydrogens (tertiary/aromatic N) is 3. The van der Waals surface area contributed by atoms with E-state index in [-0.39, 0.29) is 16.7 Å². The molecule has 8 nitrogen and oxygen atoms in total. The lowest BCUT2D eigenvalue weighted by molar-refractivity contribution is 0.0997. The number of hydrogen-bond donors (Lipinski definition) is 2. The number of hydrogen-bond acceptors (Lipinski definition) is 7. The Labute approximate surface area is 196 Å². The average Bonchev–Trinajstić information content (AvgIpc) is 2.85. The van der Waals surface area contributed by atoms with E-state index in [0.29, 0.717) is 24.5 Å². The summed E-state index contributed by atoms with van der Waals surface area (Å²) in [7, 11) is 2.03. The molecule has 0 spiro atoms. The largest absolute Gasteiger partial charge is 0.448 e. The van der Waals surface area contributed by atoms with Crippen molar-refractivity contribution in [1.29, 1.82) is 0 Å². The molecule has 3 heterocycles. The number of likely N-dealkylation sites (N-methyl/N-ethyl adjacent to an activating group) is 1. The van der Waals surface area contributed by atoms with Crippen LogP contribution >= 0.6 is 0 Å². The van der Waals surface area contributed by atoms with Gasteiger partial charge in [0, 0.05) is 64.5 Å². The van der Waals surface area contributed by atoms with Gasteiger partial charge in [0.25, 0.3) is 5.91 Å². The molecule has 0 unspecified atom stereocenters. The average molecular weight is 466 g/mol. The SMILES string of the molecule is CN1CCN(c2cc(F)cc3c(=O)cc(C(=O)Nc4ccccc4N4CCNCC4)oc23)CC1. The Morgan fingerprint density at radius 3 is 2.44 bits per heavy atom. The van der Waals surface area contributed by atoms with Gasteiger partial charge >= 0.3 is 0 Å². The standard InChI is InChI=1S/C25H28FN5O3/c1-29-10-12-31(13-11-29)21-15-17(26)14-18-22(32)16-23(34-24(18)21)25(33)28-19-4-2-3-5-20(19)30-8-6-27-7-9-30/h2-5,14-16,27H,6-13H2,1H3,(H,28,33). The lowest BCUT2D eigenvalue weighted by Gasteiger charge is -2.34. The van der Waals surface area contributed by atoms with E-state index in [1.807, 2.05) is 36.2 Å². The normalized spacial score (nSPS) is 17.2. The maximum absolute atomic E-state index is 14.4. The van der Waals surface area contributed by atoms with Gasteiger partial charge in [0.2, 0.25) is 0 Å². The predicted octanol–water partition coefficient (Wildman–Crippen LogP) is 2.35. The first-order valence-corrected chi connectivity index (χ1v) is 11.6. The smallest absolute Gasteiger partial charge is 0.291 e. The minimum atomic E-state index is -0.518. The van der Waals surface area contributed by atoms with E-state index < -0.39 is 17.2 Å². The van der Waals surface area contributed by atoms with Crippen LogP contribution in [0.2, 0.25) is 0 Å². The Kier molecular flexibility index (Phi) is 6.21. The second kappa shape index (κ2) is 9.44. The number of amides is 1. The predicted molar refractivity (Wildman–Crippen MR) is 132 cm³/mol. The lowest BCUT2D eigenvalue weighted by Crippen LogP contribution is -2.44. The highest BCUT2D eigenvalue weighted by atomic mass is 19.1. The van der Waals surface area contributed by atoms with Crippen molar-refractivity contribution < 1.29 is 13.6 Å². The van der Waals surface area contributed by atoms with Crippen molar-refractivity contribution in [3.05, 3.63) is 64.3 Å². The molecule has 9 heteroatoms. The molecule has 2 aromatic carbocycles. The van der Waals surface area contributed by atoms with E-state index in [1.54, 1.807) is 0 Å². The fourth-order valence-corrected chi connectivity index (χ4v) is 4.54. The molecule has 2 fully saturated rings. The topological polar surface area (TPSA) is 81.1 Å². The zero-order valence-corrected chi connectivity index (χ0v) is 19.1.